The number of aromatic nitrogens is 1. The summed E-state index contributed by atoms with van der Waals surface area (Å²) in [4.78, 5) is 31.7. The summed E-state index contributed by atoms with van der Waals surface area (Å²) >= 11 is 1.37. The van der Waals surface area contributed by atoms with Crippen molar-refractivity contribution in [3.8, 4) is 0 Å². The second-order valence-corrected chi connectivity index (χ2v) is 8.55. The van der Waals surface area contributed by atoms with E-state index in [0.29, 0.717) is 22.3 Å². The molecule has 2 aliphatic heterocycles. The van der Waals surface area contributed by atoms with E-state index in [1.54, 1.807) is 18.5 Å². The minimum atomic E-state index is -0.257. The third-order valence-corrected chi connectivity index (χ3v) is 5.88. The summed E-state index contributed by atoms with van der Waals surface area (Å²) in [6.45, 7) is 4.88. The van der Waals surface area contributed by atoms with Gasteiger partial charge in [0.15, 0.2) is 10.9 Å². The second kappa shape index (κ2) is 6.39. The average molecular weight is 371 g/mol. The van der Waals surface area contributed by atoms with Crippen LogP contribution in [0.15, 0.2) is 36.6 Å². The van der Waals surface area contributed by atoms with Gasteiger partial charge in [0.25, 0.3) is 5.91 Å². The Kier molecular flexibility index (Phi) is 4.19. The Morgan fingerprint density at radius 1 is 1.38 bits per heavy atom. The summed E-state index contributed by atoms with van der Waals surface area (Å²) in [6.07, 6.45) is 11.0. The Morgan fingerprint density at radius 2 is 2.23 bits per heavy atom. The molecule has 0 radical (unpaired) electrons. The molecule has 0 aromatic carbocycles. The first kappa shape index (κ1) is 17.0. The van der Waals surface area contributed by atoms with Gasteiger partial charge in [-0.3, -0.25) is 14.5 Å². The normalized spacial score (nSPS) is 24.5. The predicted octanol–water partition coefficient (Wildman–Crippen LogP) is 3.14. The van der Waals surface area contributed by atoms with Crippen molar-refractivity contribution < 1.29 is 14.3 Å². The maximum Gasteiger partial charge on any atom is 0.263 e. The lowest BCUT2D eigenvalue weighted by Crippen LogP contribution is -2.31. The van der Waals surface area contributed by atoms with Crippen LogP contribution in [-0.2, 0) is 16.0 Å². The van der Waals surface area contributed by atoms with Crippen LogP contribution < -0.4 is 10.2 Å². The first-order valence-electron chi connectivity index (χ1n) is 8.75. The Bertz CT molecular complexity index is 850. The number of ether oxygens (including phenoxy) is 1. The molecular formula is C19H21N3O3S. The highest BCUT2D eigenvalue weighted by atomic mass is 32.1. The van der Waals surface area contributed by atoms with Crippen LogP contribution in [0.5, 0.6) is 0 Å². The van der Waals surface area contributed by atoms with Gasteiger partial charge in [-0.15, -0.1) is 0 Å². The zero-order chi connectivity index (χ0) is 18.3. The lowest BCUT2D eigenvalue weighted by atomic mass is 9.88. The molecule has 1 aromatic heterocycles. The number of carbonyl (C=O) groups excluding carboxylic acids is 2. The average Bonchev–Trinajstić information content (AvgIpc) is 2.99. The van der Waals surface area contributed by atoms with Crippen molar-refractivity contribution >= 4 is 28.2 Å². The monoisotopic (exact) mass is 371 g/mol. The Labute approximate surface area is 156 Å². The van der Waals surface area contributed by atoms with Crippen LogP contribution in [-0.4, -0.2) is 23.2 Å². The van der Waals surface area contributed by atoms with Gasteiger partial charge >= 0.3 is 0 Å². The highest BCUT2D eigenvalue weighted by Gasteiger charge is 2.32. The van der Waals surface area contributed by atoms with Gasteiger partial charge in [-0.05, 0) is 30.8 Å². The molecule has 1 aromatic rings. The van der Waals surface area contributed by atoms with E-state index in [1.807, 2.05) is 17.2 Å². The van der Waals surface area contributed by atoms with Crippen molar-refractivity contribution in [3.05, 3.63) is 47.1 Å². The standard InChI is InChI=1S/C19H21N3O3S/c1-19(2)9-13-16(17(24)20-11-19)26-18(21-13)22-7-8-25-15(10-22)12-5-3-4-6-14(12)23/h4,6-8,10,12H,3,5,9,11H2,1-2H3,(H,20,24). The van der Waals surface area contributed by atoms with E-state index in [4.69, 9.17) is 9.72 Å². The van der Waals surface area contributed by atoms with Gasteiger partial charge < -0.3 is 10.1 Å². The minimum Gasteiger partial charge on any atom is -0.465 e. The lowest BCUT2D eigenvalue weighted by molar-refractivity contribution is -0.118. The van der Waals surface area contributed by atoms with E-state index < -0.39 is 0 Å². The summed E-state index contributed by atoms with van der Waals surface area (Å²) in [6, 6.07) is 0. The van der Waals surface area contributed by atoms with E-state index in [-0.39, 0.29) is 23.0 Å². The van der Waals surface area contributed by atoms with E-state index in [9.17, 15) is 9.59 Å². The smallest absolute Gasteiger partial charge is 0.263 e. The molecule has 26 heavy (non-hydrogen) atoms. The maximum absolute atomic E-state index is 12.4. The highest BCUT2D eigenvalue weighted by molar-refractivity contribution is 7.17. The number of amides is 1. The number of allylic oxidation sites excluding steroid dienone is 3. The van der Waals surface area contributed by atoms with Crippen LogP contribution in [0.2, 0.25) is 0 Å². The number of carbonyl (C=O) groups is 2. The topological polar surface area (TPSA) is 71.5 Å². The molecule has 0 fully saturated rings. The third-order valence-electron chi connectivity index (χ3n) is 4.77. The fourth-order valence-electron chi connectivity index (χ4n) is 3.34. The van der Waals surface area contributed by atoms with Gasteiger partial charge in [0, 0.05) is 12.7 Å². The van der Waals surface area contributed by atoms with E-state index >= 15 is 0 Å². The molecule has 0 saturated heterocycles. The number of thiazole rings is 1. The van der Waals surface area contributed by atoms with E-state index in [1.165, 1.54) is 11.3 Å². The van der Waals surface area contributed by atoms with Crippen LogP contribution in [0.4, 0.5) is 5.13 Å². The number of fused-ring (bicyclic) bond motifs is 1. The maximum atomic E-state index is 12.4. The zero-order valence-electron chi connectivity index (χ0n) is 14.8. The molecule has 3 heterocycles. The number of hydrogen-bond acceptors (Lipinski definition) is 6. The van der Waals surface area contributed by atoms with Gasteiger partial charge in [-0.2, -0.15) is 0 Å². The van der Waals surface area contributed by atoms with Crippen LogP contribution in [0.25, 0.3) is 0 Å². The molecule has 1 atom stereocenters. The zero-order valence-corrected chi connectivity index (χ0v) is 15.6. The first-order chi connectivity index (χ1) is 12.4. The first-order valence-corrected chi connectivity index (χ1v) is 9.56. The molecule has 1 N–H and O–H groups in total. The lowest BCUT2D eigenvalue weighted by Gasteiger charge is -2.25. The molecule has 4 rings (SSSR count). The van der Waals surface area contributed by atoms with E-state index in [2.05, 4.69) is 19.2 Å². The molecule has 6 nitrogen and oxygen atoms in total. The summed E-state index contributed by atoms with van der Waals surface area (Å²) in [5.74, 6) is 0.363. The Balaban J connectivity index is 1.64. The molecule has 1 amide bonds. The Hall–Kier alpha value is -2.41. The van der Waals surface area contributed by atoms with Crippen molar-refractivity contribution in [1.29, 1.82) is 0 Å². The van der Waals surface area contributed by atoms with Crippen molar-refractivity contribution in [3.63, 3.8) is 0 Å². The van der Waals surface area contributed by atoms with Crippen LogP contribution in [0.3, 0.4) is 0 Å². The van der Waals surface area contributed by atoms with Gasteiger partial charge in [-0.1, -0.05) is 31.3 Å². The highest BCUT2D eigenvalue weighted by Crippen LogP contribution is 2.35. The molecule has 0 spiro atoms. The number of hydrogen-bond donors (Lipinski definition) is 1. The quantitative estimate of drug-likeness (QED) is 0.865. The fourth-order valence-corrected chi connectivity index (χ4v) is 4.30. The molecule has 0 bridgehead atoms. The van der Waals surface area contributed by atoms with Crippen molar-refractivity contribution in [2.75, 3.05) is 11.4 Å². The van der Waals surface area contributed by atoms with Crippen LogP contribution >= 0.6 is 11.3 Å². The number of nitrogens with one attached hydrogen (secondary N) is 1. The second-order valence-electron chi connectivity index (χ2n) is 7.57. The minimum absolute atomic E-state index is 0.0328. The summed E-state index contributed by atoms with van der Waals surface area (Å²) in [7, 11) is 0. The van der Waals surface area contributed by atoms with Crippen LogP contribution in [0, 0.1) is 11.3 Å². The molecule has 3 aliphatic rings. The van der Waals surface area contributed by atoms with Crippen molar-refractivity contribution in [2.45, 2.75) is 33.1 Å². The van der Waals surface area contributed by atoms with Crippen LogP contribution in [0.1, 0.15) is 42.1 Å². The number of nitrogens with zero attached hydrogens (tertiary/aromatic N) is 2. The largest absolute Gasteiger partial charge is 0.465 e. The molecule has 1 unspecified atom stereocenters. The number of ketones is 1. The summed E-state index contributed by atoms with van der Waals surface area (Å²) in [5, 5.41) is 3.68. The van der Waals surface area contributed by atoms with Gasteiger partial charge in [0.05, 0.1) is 17.8 Å². The molecule has 7 heteroatoms. The Morgan fingerprint density at radius 3 is 3.04 bits per heavy atom. The van der Waals surface area contributed by atoms with Gasteiger partial charge in [0.1, 0.15) is 16.9 Å². The summed E-state index contributed by atoms with van der Waals surface area (Å²) in [5.41, 5.74) is 0.797. The molecule has 136 valence electrons. The molecule has 1 aliphatic carbocycles. The third kappa shape index (κ3) is 3.19. The number of anilines is 1. The van der Waals surface area contributed by atoms with Gasteiger partial charge in [0.2, 0.25) is 0 Å². The molecule has 0 saturated carbocycles. The molecular weight excluding hydrogens is 350 g/mol. The SMILES string of the molecule is CC1(C)CNC(=O)c2sc(N3C=COC(C4CCC=CC4=O)=C3)nc2C1. The van der Waals surface area contributed by atoms with E-state index in [0.717, 1.165) is 25.0 Å². The van der Waals surface area contributed by atoms with Crippen molar-refractivity contribution in [2.24, 2.45) is 11.3 Å². The predicted molar refractivity (Wildman–Crippen MR) is 99.6 cm³/mol. The number of rotatable bonds is 2. The van der Waals surface area contributed by atoms with Gasteiger partial charge in [-0.25, -0.2) is 4.98 Å². The fraction of sp³-hybridized carbons (Fsp3) is 0.421. The van der Waals surface area contributed by atoms with Crippen molar-refractivity contribution in [1.82, 2.24) is 10.3 Å². The summed E-state index contributed by atoms with van der Waals surface area (Å²) < 4.78 is 5.60.